The highest BCUT2D eigenvalue weighted by Gasteiger charge is 2.29. The number of fused-ring (bicyclic) bond motifs is 8. The fourth-order valence-corrected chi connectivity index (χ4v) is 11.6. The molecule has 88 heavy (non-hydrogen) atoms. The van der Waals surface area contributed by atoms with Gasteiger partial charge in [-0.3, -0.25) is 0 Å². The molecular formula is C72H58N8O8+4. The molecule has 0 amide bonds. The van der Waals surface area contributed by atoms with E-state index >= 15 is 0 Å². The van der Waals surface area contributed by atoms with E-state index in [1.807, 2.05) is 122 Å². The van der Waals surface area contributed by atoms with Crippen LogP contribution in [0.4, 0.5) is 0 Å². The Hall–Kier alpha value is -11.5. The zero-order chi connectivity index (χ0) is 60.1. The van der Waals surface area contributed by atoms with Gasteiger partial charge in [0.15, 0.2) is 62.5 Å². The summed E-state index contributed by atoms with van der Waals surface area (Å²) in [6, 6.07) is 62.3. The molecule has 8 bridgehead atoms. The average Bonchev–Trinajstić information content (AvgIpc) is 3.53. The van der Waals surface area contributed by atoms with E-state index in [-0.39, 0.29) is 11.1 Å². The van der Waals surface area contributed by atoms with E-state index in [2.05, 4.69) is 113 Å². The number of H-pyrrole nitrogens is 2. The second kappa shape index (κ2) is 24.6. The van der Waals surface area contributed by atoms with Gasteiger partial charge >= 0.3 is 11.9 Å². The normalized spacial score (nSPS) is 11.7. The molecule has 9 heterocycles. The van der Waals surface area contributed by atoms with Crippen molar-refractivity contribution in [3.63, 3.8) is 0 Å². The van der Waals surface area contributed by atoms with Crippen LogP contribution in [0.25, 0.3) is 91.4 Å². The predicted octanol–water partition coefficient (Wildman–Crippen LogP) is 11.9. The van der Waals surface area contributed by atoms with Crippen molar-refractivity contribution >= 4 is 58.3 Å². The summed E-state index contributed by atoms with van der Waals surface area (Å²) >= 11 is 0. The lowest BCUT2D eigenvalue weighted by molar-refractivity contribution is -0.677. The minimum absolute atomic E-state index is 0.196. The number of hydrogen-bond donors (Lipinski definition) is 4. The summed E-state index contributed by atoms with van der Waals surface area (Å²) in [6.07, 6.45) is 16.3. The highest BCUT2D eigenvalue weighted by molar-refractivity contribution is 5.98. The molecule has 7 aromatic heterocycles. The zero-order valence-corrected chi connectivity index (χ0v) is 47.9. The average molecular weight is 1160 g/mol. The van der Waals surface area contributed by atoms with Gasteiger partial charge in [0.2, 0.25) is 22.8 Å². The van der Waals surface area contributed by atoms with Crippen LogP contribution in [0.5, 0.6) is 11.5 Å². The first kappa shape index (κ1) is 55.7. The van der Waals surface area contributed by atoms with E-state index in [1.54, 1.807) is 36.4 Å². The first-order valence-corrected chi connectivity index (χ1v) is 28.5. The van der Waals surface area contributed by atoms with Crippen LogP contribution in [0.1, 0.15) is 65.7 Å². The third-order valence-electron chi connectivity index (χ3n) is 15.5. The summed E-state index contributed by atoms with van der Waals surface area (Å²) in [4.78, 5) is 64.8. The van der Waals surface area contributed by atoms with Crippen LogP contribution >= 0.6 is 0 Å². The minimum atomic E-state index is -1.00. The third-order valence-corrected chi connectivity index (χ3v) is 15.5. The molecule has 0 unspecified atom stereocenters. The lowest BCUT2D eigenvalue weighted by Crippen LogP contribution is -2.36. The summed E-state index contributed by atoms with van der Waals surface area (Å²) in [5.74, 6) is -0.856. The summed E-state index contributed by atoms with van der Waals surface area (Å²) in [6.45, 7) is 1.66. The molecule has 0 saturated carbocycles. The fraction of sp³-hybridized carbons (Fsp3) is 0.0833. The molecule has 16 nitrogen and oxygen atoms in total. The number of aromatic nitrogens is 8. The second-order valence-electron chi connectivity index (χ2n) is 21.2. The summed E-state index contributed by atoms with van der Waals surface area (Å²) in [5.41, 5.74) is 16.4. The Kier molecular flexibility index (Phi) is 15.6. The largest absolute Gasteiger partial charge is 0.478 e. The Balaban J connectivity index is 1.13. The quantitative estimate of drug-likeness (QED) is 0.0366. The molecule has 0 radical (unpaired) electrons. The van der Waals surface area contributed by atoms with Gasteiger partial charge in [-0.1, -0.05) is 48.5 Å². The molecule has 0 atom stereocenters. The number of carbonyl (C=O) groups is 2. The minimum Gasteiger partial charge on any atom is -0.478 e. The van der Waals surface area contributed by atoms with Crippen molar-refractivity contribution in [3.05, 3.63) is 275 Å². The number of pyridine rings is 4. The van der Waals surface area contributed by atoms with Gasteiger partial charge in [-0.15, -0.1) is 0 Å². The standard InChI is InChI=1S/C72H54N8O8/c1-85-87-53-21-13-17-49(41-53)45-79-37-9-5-25-65(79)69-59-31-29-57(74-59)67(63-23-3-7-35-77(63)43-47-15-11-19-51(39-47)71(81)82)55-27-28-56(73-55)68(64-24-4-8-36-78(64)44-48-16-12-20-52(40-48)72(83)84)58-30-32-60(75-58)70(62-34-33-61(69)76-62)66-26-6-10-38-80(66)46-50-18-14-22-54(42-50)88-86-2/h3-42H,43-46H2,1-2H3/p+4. The van der Waals surface area contributed by atoms with Gasteiger partial charge in [0.25, 0.3) is 0 Å². The van der Waals surface area contributed by atoms with Gasteiger partial charge < -0.3 is 30.0 Å². The van der Waals surface area contributed by atoms with Crippen LogP contribution < -0.4 is 28.0 Å². The van der Waals surface area contributed by atoms with E-state index in [0.29, 0.717) is 60.5 Å². The first-order valence-electron chi connectivity index (χ1n) is 28.5. The number of benzene rings is 4. The van der Waals surface area contributed by atoms with E-state index < -0.39 is 11.9 Å². The lowest BCUT2D eigenvalue weighted by Gasteiger charge is -2.09. The molecular weight excluding hydrogens is 1100 g/mol. The SMILES string of the molecule is COOc1cccc(C[n+]2ccccc2-c2c3nc(c(-c4cccc[n+]4Cc4cccc(OOC)c4)c4ccc([nH]4)c(-c4cccc[n+]4Cc4cccc(C(=O)O)c4)c4nc(c(-c5cccc[n+]5Cc5cccc(C(=O)O)c5)c5ccc2[nH]5)C=C4)C=C3)c1. The van der Waals surface area contributed by atoms with E-state index in [0.717, 1.165) is 89.4 Å². The number of aromatic carboxylic acids is 2. The fourth-order valence-electron chi connectivity index (χ4n) is 11.6. The van der Waals surface area contributed by atoms with Crippen molar-refractivity contribution in [2.24, 2.45) is 0 Å². The molecule has 11 aromatic rings. The number of nitrogens with zero attached hydrogens (tertiary/aromatic N) is 6. The number of carboxylic acids is 2. The molecule has 16 heteroatoms. The van der Waals surface area contributed by atoms with E-state index in [9.17, 15) is 19.8 Å². The summed E-state index contributed by atoms with van der Waals surface area (Å²) < 4.78 is 8.62. The Morgan fingerprint density at radius 2 is 0.670 bits per heavy atom. The van der Waals surface area contributed by atoms with Crippen molar-refractivity contribution in [3.8, 4) is 56.5 Å². The highest BCUT2D eigenvalue weighted by atomic mass is 17.2. The van der Waals surface area contributed by atoms with Gasteiger partial charge in [0, 0.05) is 70.8 Å². The maximum atomic E-state index is 12.3. The van der Waals surface area contributed by atoms with Crippen molar-refractivity contribution in [1.29, 1.82) is 0 Å². The topological polar surface area (TPSA) is 184 Å². The van der Waals surface area contributed by atoms with Gasteiger partial charge in [-0.05, 0) is 121 Å². The zero-order valence-electron chi connectivity index (χ0n) is 47.9. The molecule has 4 aromatic carbocycles. The highest BCUT2D eigenvalue weighted by Crippen LogP contribution is 2.37. The molecule has 0 saturated heterocycles. The molecule has 2 aliphatic rings. The Bertz CT molecular complexity index is 4490. The monoisotopic (exact) mass is 1160 g/mol. The number of hydrogen-bond acceptors (Lipinski definition) is 8. The first-order chi connectivity index (χ1) is 43.1. The smallest absolute Gasteiger partial charge is 0.335 e. The Morgan fingerprint density at radius 3 is 0.966 bits per heavy atom. The maximum Gasteiger partial charge on any atom is 0.335 e. The van der Waals surface area contributed by atoms with Gasteiger partial charge in [0.1, 0.15) is 0 Å². The van der Waals surface area contributed by atoms with Crippen molar-refractivity contribution in [2.45, 2.75) is 26.2 Å². The molecule has 13 rings (SSSR count). The Labute approximate surface area is 505 Å². The van der Waals surface area contributed by atoms with Crippen LogP contribution in [-0.4, -0.2) is 56.3 Å². The van der Waals surface area contributed by atoms with E-state index in [4.69, 9.17) is 29.5 Å². The lowest BCUT2D eigenvalue weighted by atomic mass is 10.1. The van der Waals surface area contributed by atoms with Gasteiger partial charge in [0.05, 0.1) is 92.4 Å². The van der Waals surface area contributed by atoms with Crippen molar-refractivity contribution in [1.82, 2.24) is 19.9 Å². The van der Waals surface area contributed by atoms with Gasteiger partial charge in [-0.2, -0.15) is 28.0 Å². The molecule has 430 valence electrons. The van der Waals surface area contributed by atoms with Crippen LogP contribution in [-0.2, 0) is 36.0 Å². The van der Waals surface area contributed by atoms with E-state index in [1.165, 1.54) is 14.2 Å². The number of carboxylic acid groups (broad SMARTS) is 2. The molecule has 4 N–H and O–H groups in total. The van der Waals surface area contributed by atoms with Crippen LogP contribution in [0.2, 0.25) is 0 Å². The maximum absolute atomic E-state index is 12.3. The third kappa shape index (κ3) is 11.6. The molecule has 0 spiro atoms. The van der Waals surface area contributed by atoms with Crippen LogP contribution in [0.3, 0.4) is 0 Å². The van der Waals surface area contributed by atoms with Crippen LogP contribution in [0.15, 0.2) is 219 Å². The predicted molar refractivity (Wildman–Crippen MR) is 333 cm³/mol. The molecule has 0 aliphatic carbocycles. The number of rotatable bonds is 18. The molecule has 2 aliphatic heterocycles. The van der Waals surface area contributed by atoms with Crippen LogP contribution in [0, 0.1) is 0 Å². The van der Waals surface area contributed by atoms with Crippen molar-refractivity contribution in [2.75, 3.05) is 14.2 Å². The van der Waals surface area contributed by atoms with Gasteiger partial charge in [-0.25, -0.2) is 19.6 Å². The molecule has 0 fully saturated rings. The summed E-state index contributed by atoms with van der Waals surface area (Å²) in [7, 11) is 2.97. The Morgan fingerprint density at radius 1 is 0.375 bits per heavy atom. The summed E-state index contributed by atoms with van der Waals surface area (Å²) in [5, 5.41) is 20.1. The number of nitrogens with one attached hydrogen (secondary N) is 2. The number of aromatic amines is 2. The van der Waals surface area contributed by atoms with Crippen molar-refractivity contribution < 1.29 is 57.6 Å². The second-order valence-corrected chi connectivity index (χ2v) is 21.2.